The van der Waals surface area contributed by atoms with Gasteiger partial charge in [-0.15, -0.1) is 0 Å². The molecule has 0 amide bonds. The maximum atomic E-state index is 12.1. The van der Waals surface area contributed by atoms with Crippen molar-refractivity contribution in [1.82, 2.24) is 4.31 Å². The Kier molecular flexibility index (Phi) is 3.92. The van der Waals surface area contributed by atoms with Crippen LogP contribution in [0.3, 0.4) is 0 Å². The van der Waals surface area contributed by atoms with Crippen molar-refractivity contribution in [3.63, 3.8) is 0 Å². The molecule has 0 bridgehead atoms. The largest absolute Gasteiger partial charge is 0.385 e. The Balaban J connectivity index is 2.09. The first-order valence-electron chi connectivity index (χ1n) is 6.23. The Labute approximate surface area is 109 Å². The molecule has 0 radical (unpaired) electrons. The predicted molar refractivity (Wildman–Crippen MR) is 70.7 cm³/mol. The van der Waals surface area contributed by atoms with E-state index in [9.17, 15) is 8.42 Å². The molecule has 0 aromatic heterocycles. The Bertz CT molecular complexity index is 495. The van der Waals surface area contributed by atoms with Crippen molar-refractivity contribution in [2.45, 2.75) is 26.7 Å². The second-order valence-electron chi connectivity index (χ2n) is 4.96. The van der Waals surface area contributed by atoms with E-state index in [2.05, 4.69) is 6.92 Å². The fourth-order valence-corrected chi connectivity index (χ4v) is 3.37. The molecule has 0 saturated carbocycles. The minimum atomic E-state index is -3.65. The van der Waals surface area contributed by atoms with Crippen LogP contribution >= 0.6 is 0 Å². The van der Waals surface area contributed by atoms with Crippen molar-refractivity contribution < 1.29 is 12.6 Å². The number of rotatable bonds is 3. The first-order chi connectivity index (χ1) is 8.47. The van der Waals surface area contributed by atoms with Gasteiger partial charge >= 0.3 is 10.3 Å². The lowest BCUT2D eigenvalue weighted by molar-refractivity contribution is 0.260. The monoisotopic (exact) mass is 269 g/mol. The number of nitrogens with zero attached hydrogens (tertiary/aromatic N) is 1. The lowest BCUT2D eigenvalue weighted by Crippen LogP contribution is -2.41. The quantitative estimate of drug-likeness (QED) is 0.846. The van der Waals surface area contributed by atoms with Crippen molar-refractivity contribution in [2.75, 3.05) is 13.1 Å². The fourth-order valence-electron chi connectivity index (χ4n) is 2.12. The topological polar surface area (TPSA) is 46.6 Å². The summed E-state index contributed by atoms with van der Waals surface area (Å²) in [6.07, 6.45) is 1.98. The first kappa shape index (κ1) is 13.4. The van der Waals surface area contributed by atoms with E-state index in [1.54, 1.807) is 12.1 Å². The normalized spacial score (nSPS) is 21.8. The van der Waals surface area contributed by atoms with Gasteiger partial charge in [0.15, 0.2) is 0 Å². The van der Waals surface area contributed by atoms with E-state index < -0.39 is 10.3 Å². The van der Waals surface area contributed by atoms with Crippen LogP contribution in [0, 0.1) is 12.8 Å². The zero-order chi connectivity index (χ0) is 13.2. The third-order valence-electron chi connectivity index (χ3n) is 3.16. The van der Waals surface area contributed by atoms with Crippen molar-refractivity contribution in [3.05, 3.63) is 29.8 Å². The molecule has 2 rings (SSSR count). The molecule has 1 heterocycles. The molecule has 1 fully saturated rings. The second kappa shape index (κ2) is 5.28. The van der Waals surface area contributed by atoms with Crippen molar-refractivity contribution in [3.8, 4) is 5.75 Å². The van der Waals surface area contributed by atoms with Gasteiger partial charge in [0.1, 0.15) is 5.75 Å². The molecule has 1 aliphatic heterocycles. The summed E-state index contributed by atoms with van der Waals surface area (Å²) in [5, 5.41) is 0. The predicted octanol–water partition coefficient (Wildman–Crippen LogP) is 2.35. The van der Waals surface area contributed by atoms with Crippen LogP contribution in [0.4, 0.5) is 0 Å². The highest BCUT2D eigenvalue weighted by atomic mass is 32.2. The minimum absolute atomic E-state index is 0.374. The molecule has 5 heteroatoms. The summed E-state index contributed by atoms with van der Waals surface area (Å²) >= 11 is 0. The smallest absolute Gasteiger partial charge is 0.371 e. The van der Waals surface area contributed by atoms with Crippen LogP contribution in [0.5, 0.6) is 5.75 Å². The average molecular weight is 269 g/mol. The van der Waals surface area contributed by atoms with Crippen molar-refractivity contribution in [1.29, 1.82) is 0 Å². The van der Waals surface area contributed by atoms with E-state index in [0.29, 0.717) is 24.8 Å². The van der Waals surface area contributed by atoms with E-state index in [4.69, 9.17) is 4.18 Å². The Hall–Kier alpha value is -1.07. The summed E-state index contributed by atoms with van der Waals surface area (Å²) in [4.78, 5) is 0. The summed E-state index contributed by atoms with van der Waals surface area (Å²) in [6.45, 7) is 5.12. The molecule has 1 saturated heterocycles. The molecule has 0 N–H and O–H groups in total. The van der Waals surface area contributed by atoms with Gasteiger partial charge in [0.05, 0.1) is 0 Å². The second-order valence-corrected chi connectivity index (χ2v) is 6.50. The number of benzene rings is 1. The summed E-state index contributed by atoms with van der Waals surface area (Å²) in [6, 6.07) is 7.04. The molecule has 1 atom stereocenters. The molecular formula is C13H19NO3S. The van der Waals surface area contributed by atoms with Crippen molar-refractivity contribution >= 4 is 10.3 Å². The van der Waals surface area contributed by atoms with Gasteiger partial charge in [0.2, 0.25) is 0 Å². The lowest BCUT2D eigenvalue weighted by Gasteiger charge is -2.29. The van der Waals surface area contributed by atoms with Gasteiger partial charge in [-0.25, -0.2) is 0 Å². The molecule has 0 spiro atoms. The standard InChI is InChI=1S/C13H19NO3S/c1-11-5-7-13(8-6-11)17-18(15,16)14-9-3-4-12(2)10-14/h5-8,12H,3-4,9-10H2,1-2H3. The van der Waals surface area contributed by atoms with Gasteiger partial charge in [-0.3, -0.25) is 0 Å². The van der Waals surface area contributed by atoms with E-state index in [-0.39, 0.29) is 0 Å². The van der Waals surface area contributed by atoms with Gasteiger partial charge in [-0.2, -0.15) is 12.7 Å². The highest BCUT2D eigenvalue weighted by molar-refractivity contribution is 7.84. The van der Waals surface area contributed by atoms with Gasteiger partial charge < -0.3 is 4.18 Å². The Morgan fingerprint density at radius 3 is 2.56 bits per heavy atom. The number of piperidine rings is 1. The SMILES string of the molecule is Cc1ccc(OS(=O)(=O)N2CCCC(C)C2)cc1. The maximum absolute atomic E-state index is 12.1. The summed E-state index contributed by atoms with van der Waals surface area (Å²) in [5.41, 5.74) is 1.08. The summed E-state index contributed by atoms with van der Waals surface area (Å²) in [5.74, 6) is 0.772. The van der Waals surface area contributed by atoms with Crippen LogP contribution in [0.25, 0.3) is 0 Å². The molecule has 1 aromatic carbocycles. The number of hydrogen-bond acceptors (Lipinski definition) is 3. The maximum Gasteiger partial charge on any atom is 0.385 e. The van der Waals surface area contributed by atoms with Gasteiger partial charge in [-0.1, -0.05) is 24.6 Å². The van der Waals surface area contributed by atoms with Crippen LogP contribution in [0.1, 0.15) is 25.3 Å². The lowest BCUT2D eigenvalue weighted by atomic mass is 10.0. The van der Waals surface area contributed by atoms with Crippen LogP contribution in [0.15, 0.2) is 24.3 Å². The zero-order valence-electron chi connectivity index (χ0n) is 10.8. The molecule has 100 valence electrons. The van der Waals surface area contributed by atoms with E-state index in [0.717, 1.165) is 18.4 Å². The number of aryl methyl sites for hydroxylation is 1. The molecule has 18 heavy (non-hydrogen) atoms. The molecular weight excluding hydrogens is 250 g/mol. The third-order valence-corrected chi connectivity index (χ3v) is 4.53. The van der Waals surface area contributed by atoms with E-state index in [1.807, 2.05) is 19.1 Å². The van der Waals surface area contributed by atoms with Crippen LogP contribution in [-0.2, 0) is 10.3 Å². The summed E-state index contributed by atoms with van der Waals surface area (Å²) < 4.78 is 30.8. The highest BCUT2D eigenvalue weighted by Gasteiger charge is 2.28. The third kappa shape index (κ3) is 3.23. The fraction of sp³-hybridized carbons (Fsp3) is 0.538. The van der Waals surface area contributed by atoms with Crippen LogP contribution < -0.4 is 4.18 Å². The van der Waals surface area contributed by atoms with E-state index in [1.165, 1.54) is 4.31 Å². The van der Waals surface area contributed by atoms with Crippen LogP contribution in [0.2, 0.25) is 0 Å². The number of hydrogen-bond donors (Lipinski definition) is 0. The molecule has 0 aliphatic carbocycles. The Morgan fingerprint density at radius 1 is 1.28 bits per heavy atom. The van der Waals surface area contributed by atoms with E-state index >= 15 is 0 Å². The van der Waals surface area contributed by atoms with Gasteiger partial charge in [0.25, 0.3) is 0 Å². The van der Waals surface area contributed by atoms with Gasteiger partial charge in [0, 0.05) is 13.1 Å². The first-order valence-corrected chi connectivity index (χ1v) is 7.60. The zero-order valence-corrected chi connectivity index (χ0v) is 11.6. The molecule has 1 unspecified atom stereocenters. The van der Waals surface area contributed by atoms with Gasteiger partial charge in [-0.05, 0) is 37.8 Å². The van der Waals surface area contributed by atoms with Crippen molar-refractivity contribution in [2.24, 2.45) is 5.92 Å². The molecule has 1 aromatic rings. The molecule has 4 nitrogen and oxygen atoms in total. The Morgan fingerprint density at radius 2 is 1.94 bits per heavy atom. The minimum Gasteiger partial charge on any atom is -0.371 e. The molecule has 1 aliphatic rings. The highest BCUT2D eigenvalue weighted by Crippen LogP contribution is 2.21. The average Bonchev–Trinajstić information content (AvgIpc) is 2.32. The summed E-state index contributed by atoms with van der Waals surface area (Å²) in [7, 11) is -3.65. The van der Waals surface area contributed by atoms with Crippen LogP contribution in [-0.4, -0.2) is 25.8 Å².